The first-order valence-electron chi connectivity index (χ1n) is 10.4. The largest absolute Gasteiger partial charge is 0.507 e. The van der Waals surface area contributed by atoms with Gasteiger partial charge in [0, 0.05) is 12.1 Å². The van der Waals surface area contributed by atoms with E-state index in [2.05, 4.69) is 0 Å². The minimum Gasteiger partial charge on any atom is -0.507 e. The fraction of sp³-hybridized carbons (Fsp3) is 0.348. The highest BCUT2D eigenvalue weighted by atomic mass is 16.7. The summed E-state index contributed by atoms with van der Waals surface area (Å²) in [5, 5.41) is 60.4. The molecule has 0 amide bonds. The van der Waals surface area contributed by atoms with E-state index in [1.165, 1.54) is 38.5 Å². The number of aliphatic hydroxyl groups excluding tert-OH is 4. The minimum atomic E-state index is -1.70. The molecular weight excluding hydrogens is 468 g/mol. The fourth-order valence-electron chi connectivity index (χ4n) is 3.85. The maximum Gasteiger partial charge on any atom is 0.229 e. The van der Waals surface area contributed by atoms with Crippen molar-refractivity contribution in [1.29, 1.82) is 0 Å². The molecule has 0 bridgehead atoms. The molecule has 1 saturated heterocycles. The molecule has 0 unspecified atom stereocenters. The first kappa shape index (κ1) is 24.6. The van der Waals surface area contributed by atoms with Crippen molar-refractivity contribution < 1.29 is 54.0 Å². The van der Waals surface area contributed by atoms with Gasteiger partial charge in [0.05, 0.1) is 26.4 Å². The predicted octanol–water partition coefficient (Wildman–Crippen LogP) is 0.0671. The van der Waals surface area contributed by atoms with E-state index in [0.717, 1.165) is 6.07 Å². The molecular formula is C23H24O12. The average molecular weight is 492 g/mol. The average Bonchev–Trinajstić information content (AvgIpc) is 2.84. The number of hydrogen-bond acceptors (Lipinski definition) is 12. The molecule has 1 fully saturated rings. The molecule has 188 valence electrons. The molecule has 2 heterocycles. The summed E-state index contributed by atoms with van der Waals surface area (Å²) in [6, 6.07) is 6.48. The number of aromatic hydroxyl groups is 2. The van der Waals surface area contributed by atoms with Crippen molar-refractivity contribution in [2.24, 2.45) is 0 Å². The molecule has 3 aromatic rings. The van der Waals surface area contributed by atoms with Gasteiger partial charge in [-0.15, -0.1) is 0 Å². The Hall–Kier alpha value is -3.55. The molecule has 1 aromatic heterocycles. The van der Waals surface area contributed by atoms with Gasteiger partial charge in [-0.2, -0.15) is 0 Å². The number of methoxy groups -OCH3 is 2. The number of fused-ring (bicyclic) bond motifs is 1. The van der Waals surface area contributed by atoms with Crippen LogP contribution in [-0.2, 0) is 4.74 Å². The van der Waals surface area contributed by atoms with Gasteiger partial charge >= 0.3 is 0 Å². The molecule has 12 heteroatoms. The van der Waals surface area contributed by atoms with Gasteiger partial charge in [0.1, 0.15) is 41.3 Å². The summed E-state index contributed by atoms with van der Waals surface area (Å²) in [5.41, 5.74) is -0.735. The van der Waals surface area contributed by atoms with Gasteiger partial charge in [0.25, 0.3) is 0 Å². The van der Waals surface area contributed by atoms with Crippen molar-refractivity contribution in [3.63, 3.8) is 0 Å². The summed E-state index contributed by atoms with van der Waals surface area (Å²) < 4.78 is 27.1. The number of ether oxygens (including phenoxy) is 4. The molecule has 1 aliphatic rings. The maximum atomic E-state index is 12.8. The Morgan fingerprint density at radius 3 is 2.37 bits per heavy atom. The zero-order chi connectivity index (χ0) is 25.4. The number of aliphatic hydroxyl groups is 4. The van der Waals surface area contributed by atoms with E-state index in [4.69, 9.17) is 23.4 Å². The first-order chi connectivity index (χ1) is 16.7. The number of para-hydroxylation sites is 1. The monoisotopic (exact) mass is 492 g/mol. The number of hydrogen-bond donors (Lipinski definition) is 6. The Bertz CT molecular complexity index is 1280. The minimum absolute atomic E-state index is 0.00968. The van der Waals surface area contributed by atoms with Crippen LogP contribution in [0.3, 0.4) is 0 Å². The molecule has 4 rings (SSSR count). The number of phenols is 2. The Labute approximate surface area is 197 Å². The second kappa shape index (κ2) is 9.60. The second-order valence-corrected chi connectivity index (χ2v) is 7.78. The lowest BCUT2D eigenvalue weighted by Gasteiger charge is -2.39. The summed E-state index contributed by atoms with van der Waals surface area (Å²) >= 11 is 0. The molecule has 0 spiro atoms. The van der Waals surface area contributed by atoms with Crippen LogP contribution in [0.15, 0.2) is 39.5 Å². The van der Waals surface area contributed by atoms with Crippen LogP contribution in [0.4, 0.5) is 0 Å². The smallest absolute Gasteiger partial charge is 0.229 e. The summed E-state index contributed by atoms with van der Waals surface area (Å²) in [4.78, 5) is 12.8. The molecule has 5 atom stereocenters. The van der Waals surface area contributed by atoms with Crippen molar-refractivity contribution in [2.45, 2.75) is 30.7 Å². The van der Waals surface area contributed by atoms with Crippen LogP contribution in [0.1, 0.15) is 0 Å². The molecule has 6 N–H and O–H groups in total. The third kappa shape index (κ3) is 4.22. The van der Waals surface area contributed by atoms with Gasteiger partial charge in [-0.25, -0.2) is 0 Å². The van der Waals surface area contributed by atoms with Crippen LogP contribution in [0.5, 0.6) is 28.7 Å². The van der Waals surface area contributed by atoms with Crippen molar-refractivity contribution in [1.82, 2.24) is 0 Å². The normalized spacial score (nSPS) is 24.3. The summed E-state index contributed by atoms with van der Waals surface area (Å²) in [6.45, 7) is -0.656. The van der Waals surface area contributed by atoms with Crippen molar-refractivity contribution in [2.75, 3.05) is 20.8 Å². The van der Waals surface area contributed by atoms with Crippen LogP contribution < -0.4 is 19.6 Å². The highest BCUT2D eigenvalue weighted by molar-refractivity contribution is 5.92. The Morgan fingerprint density at radius 1 is 0.971 bits per heavy atom. The Morgan fingerprint density at radius 2 is 1.71 bits per heavy atom. The Kier molecular flexibility index (Phi) is 6.74. The molecule has 2 aromatic carbocycles. The van der Waals surface area contributed by atoms with Gasteiger partial charge in [-0.3, -0.25) is 4.79 Å². The van der Waals surface area contributed by atoms with Crippen LogP contribution in [0.25, 0.3) is 22.3 Å². The molecule has 12 nitrogen and oxygen atoms in total. The highest BCUT2D eigenvalue weighted by Gasteiger charge is 2.45. The van der Waals surface area contributed by atoms with Crippen LogP contribution in [0.2, 0.25) is 0 Å². The van der Waals surface area contributed by atoms with Gasteiger partial charge in [0.2, 0.25) is 12.0 Å². The van der Waals surface area contributed by atoms with Crippen LogP contribution in [0, 0.1) is 0 Å². The third-order valence-electron chi connectivity index (χ3n) is 5.68. The second-order valence-electron chi connectivity index (χ2n) is 7.78. The Balaban J connectivity index is 1.77. The van der Waals surface area contributed by atoms with E-state index in [0.29, 0.717) is 0 Å². The van der Waals surface area contributed by atoms with E-state index < -0.39 is 48.5 Å². The van der Waals surface area contributed by atoms with Crippen molar-refractivity contribution in [3.8, 4) is 40.1 Å². The van der Waals surface area contributed by atoms with Gasteiger partial charge < -0.3 is 54.0 Å². The van der Waals surface area contributed by atoms with E-state index in [1.54, 1.807) is 0 Å². The fourth-order valence-corrected chi connectivity index (χ4v) is 3.85. The number of phenolic OH excluding ortho intramolecular Hbond substituents is 2. The quantitative estimate of drug-likeness (QED) is 0.272. The summed E-state index contributed by atoms with van der Waals surface area (Å²) in [5.74, 6) is -1.05. The maximum absolute atomic E-state index is 12.8. The van der Waals surface area contributed by atoms with Gasteiger partial charge in [0.15, 0.2) is 28.3 Å². The van der Waals surface area contributed by atoms with E-state index >= 15 is 0 Å². The molecule has 35 heavy (non-hydrogen) atoms. The van der Waals surface area contributed by atoms with E-state index in [9.17, 15) is 35.4 Å². The lowest BCUT2D eigenvalue weighted by atomic mass is 9.99. The highest BCUT2D eigenvalue weighted by Crippen LogP contribution is 2.43. The zero-order valence-electron chi connectivity index (χ0n) is 18.6. The predicted molar refractivity (Wildman–Crippen MR) is 119 cm³/mol. The van der Waals surface area contributed by atoms with Gasteiger partial charge in [-0.1, -0.05) is 6.07 Å². The number of benzene rings is 2. The van der Waals surface area contributed by atoms with E-state index in [1.807, 2.05) is 0 Å². The van der Waals surface area contributed by atoms with Crippen LogP contribution >= 0.6 is 0 Å². The van der Waals surface area contributed by atoms with Crippen LogP contribution in [-0.4, -0.2) is 82.2 Å². The van der Waals surface area contributed by atoms with Gasteiger partial charge in [-0.05, 0) is 12.1 Å². The standard InChI is InChI=1S/C23H24O12/c1-31-14-7-11(26)16-10(25)6-13(33-22(16)21(14)32-2)9-4-3-5-12(17(9)27)34-23-20(30)19(29)18(28)15(8-24)35-23/h3-7,15,18-20,23-24,26-30H,8H2,1-2H3/t15-,18+,19-,20-,23-/m1/s1. The third-order valence-corrected chi connectivity index (χ3v) is 5.68. The summed E-state index contributed by atoms with van der Waals surface area (Å²) in [7, 11) is 2.67. The van der Waals surface area contributed by atoms with Crippen molar-refractivity contribution in [3.05, 3.63) is 40.6 Å². The molecule has 0 radical (unpaired) electrons. The lowest BCUT2D eigenvalue weighted by Crippen LogP contribution is -2.60. The molecule has 1 aliphatic heterocycles. The molecule has 0 saturated carbocycles. The number of rotatable bonds is 6. The molecule has 0 aliphatic carbocycles. The van der Waals surface area contributed by atoms with Crippen molar-refractivity contribution >= 4 is 11.0 Å². The lowest BCUT2D eigenvalue weighted by molar-refractivity contribution is -0.277. The van der Waals surface area contributed by atoms with E-state index in [-0.39, 0.29) is 45.3 Å². The SMILES string of the molecule is COc1cc(O)c2c(=O)cc(-c3cccc(O[C@@H]4O[C@H](CO)[C@H](O)[C@@H](O)[C@H]4O)c3O)oc2c1OC. The zero-order valence-corrected chi connectivity index (χ0v) is 18.6. The topological polar surface area (TPSA) is 189 Å². The summed E-state index contributed by atoms with van der Waals surface area (Å²) in [6.07, 6.45) is -7.71. The first-order valence-corrected chi connectivity index (χ1v) is 10.4.